The van der Waals surface area contributed by atoms with Crippen LogP contribution in [0.3, 0.4) is 0 Å². The predicted octanol–water partition coefficient (Wildman–Crippen LogP) is 4.61. The Morgan fingerprint density at radius 1 is 0.653 bits per heavy atom. The lowest BCUT2D eigenvalue weighted by Crippen LogP contribution is -2.33. The second-order valence-electron chi connectivity index (χ2n) is 12.5. The van der Waals surface area contributed by atoms with Gasteiger partial charge in [-0.1, -0.05) is 30.7 Å². The summed E-state index contributed by atoms with van der Waals surface area (Å²) in [6.45, 7) is 3.82. The lowest BCUT2D eigenvalue weighted by Gasteiger charge is -2.26. The molecule has 0 atom stereocenters. The van der Waals surface area contributed by atoms with E-state index in [1.807, 2.05) is 24.3 Å². The Bertz CT molecular complexity index is 2020. The van der Waals surface area contributed by atoms with Crippen LogP contribution < -0.4 is 21.3 Å². The van der Waals surface area contributed by atoms with Crippen LogP contribution in [0.2, 0.25) is 0 Å². The van der Waals surface area contributed by atoms with Gasteiger partial charge in [-0.25, -0.2) is 0 Å². The van der Waals surface area contributed by atoms with Gasteiger partial charge in [0.15, 0.2) is 0 Å². The molecule has 13 heteroatoms. The van der Waals surface area contributed by atoms with Gasteiger partial charge in [0.2, 0.25) is 0 Å². The minimum absolute atomic E-state index is 0.195. The third-order valence-corrected chi connectivity index (χ3v) is 8.74. The molecule has 13 nitrogen and oxygen atoms in total. The largest absolute Gasteiger partial charge is 0.351 e. The molecule has 6 rings (SSSR count). The molecule has 4 aromatic heterocycles. The number of rotatable bonds is 11. The molecule has 1 aliphatic rings. The summed E-state index contributed by atoms with van der Waals surface area (Å²) in [5, 5.41) is 13.3. The smallest absolute Gasteiger partial charge is 0.274 e. The van der Waals surface area contributed by atoms with Crippen molar-refractivity contribution < 1.29 is 19.2 Å². The van der Waals surface area contributed by atoms with Crippen molar-refractivity contribution in [3.05, 3.63) is 96.1 Å². The number of hydrogen-bond donors (Lipinski definition) is 4. The first-order valence-corrected chi connectivity index (χ1v) is 16.4. The average Bonchev–Trinajstić information content (AvgIpc) is 3.78. The number of fused-ring (bicyclic) bond motifs is 1. The van der Waals surface area contributed by atoms with E-state index in [1.165, 1.54) is 19.3 Å². The van der Waals surface area contributed by atoms with E-state index in [9.17, 15) is 19.2 Å². The van der Waals surface area contributed by atoms with E-state index in [0.29, 0.717) is 40.7 Å². The van der Waals surface area contributed by atoms with E-state index in [2.05, 4.69) is 31.2 Å². The number of carbonyl (C=O) groups is 4. The van der Waals surface area contributed by atoms with Crippen molar-refractivity contribution in [1.29, 1.82) is 0 Å². The number of piperidine rings is 1. The predicted molar refractivity (Wildman–Crippen MR) is 189 cm³/mol. The molecule has 4 amide bonds. The summed E-state index contributed by atoms with van der Waals surface area (Å²) in [6.07, 6.45) is 11.3. The zero-order chi connectivity index (χ0) is 34.5. The maximum atomic E-state index is 13.2. The van der Waals surface area contributed by atoms with Crippen LogP contribution in [0.15, 0.2) is 73.3 Å². The molecule has 0 aliphatic carbocycles. The van der Waals surface area contributed by atoms with Crippen LogP contribution in [0.4, 0.5) is 17.1 Å². The number of nitrogens with zero attached hydrogens (tertiary/aromatic N) is 5. The van der Waals surface area contributed by atoms with Crippen molar-refractivity contribution in [2.75, 3.05) is 42.1 Å². The molecule has 0 spiro atoms. The lowest BCUT2D eigenvalue weighted by molar-refractivity contribution is 0.0940. The Balaban J connectivity index is 1.03. The summed E-state index contributed by atoms with van der Waals surface area (Å²) in [7, 11) is 5.16. The van der Waals surface area contributed by atoms with E-state index in [-0.39, 0.29) is 11.6 Å². The number of likely N-dealkylation sites (tertiary alicyclic amines) is 1. The number of amides is 4. The molecule has 0 saturated carbocycles. The van der Waals surface area contributed by atoms with Gasteiger partial charge < -0.3 is 39.9 Å². The molecule has 0 bridgehead atoms. The van der Waals surface area contributed by atoms with Gasteiger partial charge in [-0.3, -0.25) is 24.2 Å². The van der Waals surface area contributed by atoms with Gasteiger partial charge in [0.1, 0.15) is 22.8 Å². The van der Waals surface area contributed by atoms with Gasteiger partial charge in [-0.2, -0.15) is 0 Å². The van der Waals surface area contributed by atoms with Crippen LogP contribution in [0.5, 0.6) is 0 Å². The molecule has 5 aromatic rings. The maximum absolute atomic E-state index is 13.2. The third-order valence-electron chi connectivity index (χ3n) is 8.74. The Hall–Kier alpha value is -5.69. The number of pyridine rings is 1. The van der Waals surface area contributed by atoms with Gasteiger partial charge in [-0.05, 0) is 68.5 Å². The van der Waals surface area contributed by atoms with Crippen molar-refractivity contribution in [1.82, 2.24) is 28.9 Å². The number of hydrogen-bond acceptors (Lipinski definition) is 6. The van der Waals surface area contributed by atoms with Crippen LogP contribution in [-0.4, -0.2) is 73.4 Å². The van der Waals surface area contributed by atoms with Gasteiger partial charge in [0.05, 0.1) is 17.1 Å². The molecule has 1 saturated heterocycles. The van der Waals surface area contributed by atoms with E-state index in [0.717, 1.165) is 36.8 Å². The van der Waals surface area contributed by atoms with Crippen LogP contribution in [0, 0.1) is 0 Å². The van der Waals surface area contributed by atoms with E-state index in [4.69, 9.17) is 0 Å². The summed E-state index contributed by atoms with van der Waals surface area (Å²) in [4.78, 5) is 58.8. The fraction of sp³-hybridized carbons (Fsp3) is 0.306. The van der Waals surface area contributed by atoms with Crippen LogP contribution in [0.25, 0.3) is 10.8 Å². The molecule has 4 N–H and O–H groups in total. The van der Waals surface area contributed by atoms with Crippen molar-refractivity contribution in [2.24, 2.45) is 21.1 Å². The molecule has 1 fully saturated rings. The molecular formula is C36H41N9O4. The topological polar surface area (TPSA) is 147 Å². The van der Waals surface area contributed by atoms with Crippen LogP contribution >= 0.6 is 0 Å². The Kier molecular flexibility index (Phi) is 9.90. The summed E-state index contributed by atoms with van der Waals surface area (Å²) in [5.74, 6) is -1.40. The molecule has 1 aliphatic heterocycles. The molecule has 0 unspecified atom stereocenters. The number of nitrogens with one attached hydrogen (secondary N) is 4. The highest BCUT2D eigenvalue weighted by molar-refractivity contribution is 6.09. The Morgan fingerprint density at radius 2 is 1.16 bits per heavy atom. The number of benzene rings is 1. The first-order chi connectivity index (χ1) is 23.6. The second-order valence-corrected chi connectivity index (χ2v) is 12.5. The van der Waals surface area contributed by atoms with Gasteiger partial charge in [-0.15, -0.1) is 0 Å². The van der Waals surface area contributed by atoms with Crippen molar-refractivity contribution in [2.45, 2.75) is 25.7 Å². The third kappa shape index (κ3) is 7.90. The summed E-state index contributed by atoms with van der Waals surface area (Å²) >= 11 is 0. The molecule has 1 aromatic carbocycles. The van der Waals surface area contributed by atoms with E-state index < -0.39 is 17.7 Å². The highest BCUT2D eigenvalue weighted by atomic mass is 16.2. The monoisotopic (exact) mass is 663 g/mol. The standard InChI is InChI=1S/C36H41N9O4/c1-42-22-27(17-30(42)34(47)37-12-9-15-45-13-7-4-8-14-45)40-36(49)32-19-28(23-44(32)3)41-35(48)31-18-26(21-43(31)2)39-33(46)29-16-24-10-5-6-11-25(24)20-38-29/h5-6,10-11,16-23H,4,7-9,12-15H2,1-3H3,(H,37,47)(H,39,46)(H,40,49)(H,41,48). The molecular weight excluding hydrogens is 622 g/mol. The number of carbonyl (C=O) groups excluding carboxylic acids is 4. The fourth-order valence-corrected chi connectivity index (χ4v) is 6.15. The van der Waals surface area contributed by atoms with Crippen LogP contribution in [0.1, 0.15) is 67.6 Å². The summed E-state index contributed by atoms with van der Waals surface area (Å²) in [6, 6.07) is 14.1. The van der Waals surface area contributed by atoms with E-state index >= 15 is 0 Å². The zero-order valence-electron chi connectivity index (χ0n) is 28.0. The molecule has 0 radical (unpaired) electrons. The lowest BCUT2D eigenvalue weighted by atomic mass is 10.1. The van der Waals surface area contributed by atoms with Gasteiger partial charge in [0.25, 0.3) is 23.6 Å². The molecule has 49 heavy (non-hydrogen) atoms. The SMILES string of the molecule is Cn1cc(NC(=O)c2cc(NC(=O)c3cc(NC(=O)c4cc5ccccc5cn4)cn3C)cn2C)cc1C(=O)NCCCN1CCCCC1. The first-order valence-electron chi connectivity index (χ1n) is 16.4. The van der Waals surface area contributed by atoms with Crippen molar-refractivity contribution in [3.63, 3.8) is 0 Å². The van der Waals surface area contributed by atoms with Crippen molar-refractivity contribution in [3.8, 4) is 0 Å². The zero-order valence-corrected chi connectivity index (χ0v) is 28.0. The average molecular weight is 664 g/mol. The Morgan fingerprint density at radius 3 is 1.73 bits per heavy atom. The second kappa shape index (κ2) is 14.6. The normalized spacial score (nSPS) is 13.3. The number of aryl methyl sites for hydroxylation is 3. The molecule has 5 heterocycles. The first kappa shape index (κ1) is 33.2. The van der Waals surface area contributed by atoms with E-state index in [1.54, 1.807) is 83.9 Å². The number of aromatic nitrogens is 4. The van der Waals surface area contributed by atoms with Crippen molar-refractivity contribution >= 4 is 51.5 Å². The fourth-order valence-electron chi connectivity index (χ4n) is 6.15. The minimum Gasteiger partial charge on any atom is -0.351 e. The summed E-state index contributed by atoms with van der Waals surface area (Å²) < 4.78 is 4.89. The van der Waals surface area contributed by atoms with Crippen LogP contribution in [-0.2, 0) is 21.1 Å². The highest BCUT2D eigenvalue weighted by Gasteiger charge is 2.19. The molecule has 254 valence electrons. The highest BCUT2D eigenvalue weighted by Crippen LogP contribution is 2.21. The maximum Gasteiger partial charge on any atom is 0.274 e. The van der Waals surface area contributed by atoms with Gasteiger partial charge >= 0.3 is 0 Å². The van der Waals surface area contributed by atoms with Gasteiger partial charge in [0, 0.05) is 57.9 Å². The number of anilines is 3. The quantitative estimate of drug-likeness (QED) is 0.152. The Labute approximate surface area is 284 Å². The summed E-state index contributed by atoms with van der Waals surface area (Å²) in [5.41, 5.74) is 2.66. The minimum atomic E-state index is -0.418.